The van der Waals surface area contributed by atoms with Gasteiger partial charge < -0.3 is 10.1 Å². The molecule has 1 fully saturated rings. The van der Waals surface area contributed by atoms with Gasteiger partial charge in [0.1, 0.15) is 0 Å². The van der Waals surface area contributed by atoms with Crippen LogP contribution in [0.15, 0.2) is 11.6 Å². The fourth-order valence-electron chi connectivity index (χ4n) is 1.99. The van der Waals surface area contributed by atoms with Gasteiger partial charge in [-0.25, -0.2) is 0 Å². The summed E-state index contributed by atoms with van der Waals surface area (Å²) in [6.07, 6.45) is 3.53. The second kappa shape index (κ2) is 5.19. The molecule has 0 aliphatic carbocycles. The van der Waals surface area contributed by atoms with Crippen LogP contribution in [0.1, 0.15) is 13.3 Å². The standard InChI is InChI=1S/C11H19NOS/c1-9-7-13-4-2-11(9)12-6-10-3-5-14-8-10/h3,9,11-12H,2,4-8H2,1H3. The third-order valence-electron chi connectivity index (χ3n) is 3.01. The number of hydrogen-bond acceptors (Lipinski definition) is 3. The number of thioether (sulfide) groups is 1. The quantitative estimate of drug-likeness (QED) is 0.721. The predicted octanol–water partition coefficient (Wildman–Crippen LogP) is 1.67. The third kappa shape index (κ3) is 2.75. The number of nitrogens with one attached hydrogen (secondary N) is 1. The van der Waals surface area contributed by atoms with Gasteiger partial charge in [0.2, 0.25) is 0 Å². The number of hydrogen-bond donors (Lipinski definition) is 1. The van der Waals surface area contributed by atoms with Crippen LogP contribution < -0.4 is 5.32 Å². The average Bonchev–Trinajstić information content (AvgIpc) is 2.69. The molecule has 80 valence electrons. The summed E-state index contributed by atoms with van der Waals surface area (Å²) in [5.41, 5.74) is 1.58. The van der Waals surface area contributed by atoms with Crippen molar-refractivity contribution in [2.24, 2.45) is 5.92 Å². The van der Waals surface area contributed by atoms with Gasteiger partial charge in [-0.1, -0.05) is 13.0 Å². The Labute approximate surface area is 90.5 Å². The summed E-state index contributed by atoms with van der Waals surface area (Å²) in [5, 5.41) is 3.65. The maximum Gasteiger partial charge on any atom is 0.0506 e. The Morgan fingerprint density at radius 3 is 3.29 bits per heavy atom. The van der Waals surface area contributed by atoms with E-state index in [1.54, 1.807) is 5.57 Å². The molecule has 1 saturated heterocycles. The first-order valence-corrected chi connectivity index (χ1v) is 6.58. The lowest BCUT2D eigenvalue weighted by Crippen LogP contribution is -2.42. The first kappa shape index (κ1) is 10.5. The highest BCUT2D eigenvalue weighted by Crippen LogP contribution is 2.18. The van der Waals surface area contributed by atoms with Crippen molar-refractivity contribution < 1.29 is 4.74 Å². The van der Waals surface area contributed by atoms with Crippen LogP contribution in [-0.4, -0.2) is 37.3 Å². The second-order valence-corrected chi connectivity index (χ2v) is 5.24. The molecule has 2 rings (SSSR count). The molecule has 0 spiro atoms. The van der Waals surface area contributed by atoms with Crippen LogP contribution in [0.5, 0.6) is 0 Å². The summed E-state index contributed by atoms with van der Waals surface area (Å²) in [4.78, 5) is 0. The maximum absolute atomic E-state index is 5.43. The van der Waals surface area contributed by atoms with Gasteiger partial charge in [0.05, 0.1) is 6.61 Å². The minimum absolute atomic E-state index is 0.662. The van der Waals surface area contributed by atoms with E-state index < -0.39 is 0 Å². The van der Waals surface area contributed by atoms with Crippen molar-refractivity contribution in [2.75, 3.05) is 31.3 Å². The van der Waals surface area contributed by atoms with E-state index in [4.69, 9.17) is 4.74 Å². The van der Waals surface area contributed by atoms with Gasteiger partial charge in [0.15, 0.2) is 0 Å². The van der Waals surface area contributed by atoms with Gasteiger partial charge in [0.25, 0.3) is 0 Å². The summed E-state index contributed by atoms with van der Waals surface area (Å²) in [5.74, 6) is 3.10. The molecule has 3 heteroatoms. The summed E-state index contributed by atoms with van der Waals surface area (Å²) < 4.78 is 5.43. The lowest BCUT2D eigenvalue weighted by Gasteiger charge is -2.29. The minimum atomic E-state index is 0.662. The van der Waals surface area contributed by atoms with Gasteiger partial charge in [-0.2, -0.15) is 11.8 Å². The van der Waals surface area contributed by atoms with Crippen molar-refractivity contribution >= 4 is 11.8 Å². The first-order chi connectivity index (χ1) is 6.86. The number of ether oxygens (including phenoxy) is 1. The van der Waals surface area contributed by atoms with E-state index in [0.717, 1.165) is 19.8 Å². The van der Waals surface area contributed by atoms with Gasteiger partial charge in [-0.15, -0.1) is 0 Å². The van der Waals surface area contributed by atoms with E-state index in [9.17, 15) is 0 Å². The van der Waals surface area contributed by atoms with Gasteiger partial charge >= 0.3 is 0 Å². The molecule has 0 aromatic carbocycles. The fourth-order valence-corrected chi connectivity index (χ4v) is 2.95. The molecule has 2 atom stereocenters. The highest BCUT2D eigenvalue weighted by molar-refractivity contribution is 7.99. The molecule has 0 aromatic heterocycles. The summed E-state index contributed by atoms with van der Waals surface area (Å²) >= 11 is 2.01. The normalized spacial score (nSPS) is 33.1. The second-order valence-electron chi connectivity index (χ2n) is 4.21. The van der Waals surface area contributed by atoms with Crippen LogP contribution >= 0.6 is 11.8 Å². The largest absolute Gasteiger partial charge is 0.381 e. The first-order valence-electron chi connectivity index (χ1n) is 5.43. The SMILES string of the molecule is CC1COCCC1NCC1=CCSC1. The van der Waals surface area contributed by atoms with E-state index >= 15 is 0 Å². The van der Waals surface area contributed by atoms with Gasteiger partial charge in [-0.3, -0.25) is 0 Å². The molecular formula is C11H19NOS. The maximum atomic E-state index is 5.43. The summed E-state index contributed by atoms with van der Waals surface area (Å²) in [6.45, 7) is 5.21. The monoisotopic (exact) mass is 213 g/mol. The molecule has 0 saturated carbocycles. The highest BCUT2D eigenvalue weighted by atomic mass is 32.2. The average molecular weight is 213 g/mol. The summed E-state index contributed by atoms with van der Waals surface area (Å²) in [6, 6.07) is 0.662. The molecule has 0 aromatic rings. The predicted molar refractivity (Wildman–Crippen MR) is 61.8 cm³/mol. The topological polar surface area (TPSA) is 21.3 Å². The van der Waals surface area contributed by atoms with E-state index in [1.807, 2.05) is 11.8 Å². The van der Waals surface area contributed by atoms with Crippen LogP contribution in [0.4, 0.5) is 0 Å². The van der Waals surface area contributed by atoms with Crippen molar-refractivity contribution in [3.8, 4) is 0 Å². The Morgan fingerprint density at radius 1 is 1.64 bits per heavy atom. The molecule has 2 nitrogen and oxygen atoms in total. The van der Waals surface area contributed by atoms with Crippen LogP contribution in [0.2, 0.25) is 0 Å². The highest BCUT2D eigenvalue weighted by Gasteiger charge is 2.21. The Bertz CT molecular complexity index is 217. The Kier molecular flexibility index (Phi) is 3.90. The smallest absolute Gasteiger partial charge is 0.0506 e. The molecule has 2 aliphatic heterocycles. The van der Waals surface area contributed by atoms with E-state index in [-0.39, 0.29) is 0 Å². The Hall–Kier alpha value is 0.01000. The Morgan fingerprint density at radius 2 is 2.57 bits per heavy atom. The van der Waals surface area contributed by atoms with Gasteiger partial charge in [0, 0.05) is 30.7 Å². The van der Waals surface area contributed by atoms with E-state index in [1.165, 1.54) is 17.9 Å². The van der Waals surface area contributed by atoms with Crippen molar-refractivity contribution in [2.45, 2.75) is 19.4 Å². The molecule has 2 unspecified atom stereocenters. The Balaban J connectivity index is 1.73. The van der Waals surface area contributed by atoms with Crippen LogP contribution in [-0.2, 0) is 4.74 Å². The van der Waals surface area contributed by atoms with Crippen molar-refractivity contribution in [3.63, 3.8) is 0 Å². The fraction of sp³-hybridized carbons (Fsp3) is 0.818. The van der Waals surface area contributed by atoms with Crippen molar-refractivity contribution in [1.82, 2.24) is 5.32 Å². The third-order valence-corrected chi connectivity index (χ3v) is 3.99. The zero-order valence-corrected chi connectivity index (χ0v) is 9.61. The van der Waals surface area contributed by atoms with Crippen LogP contribution in [0, 0.1) is 5.92 Å². The zero-order chi connectivity index (χ0) is 9.80. The minimum Gasteiger partial charge on any atom is -0.381 e. The number of rotatable bonds is 3. The van der Waals surface area contributed by atoms with Gasteiger partial charge in [-0.05, 0) is 17.9 Å². The van der Waals surface area contributed by atoms with Crippen molar-refractivity contribution in [1.29, 1.82) is 0 Å². The molecule has 2 aliphatic rings. The van der Waals surface area contributed by atoms with Crippen LogP contribution in [0.25, 0.3) is 0 Å². The molecule has 2 heterocycles. The molecule has 0 bridgehead atoms. The lowest BCUT2D eigenvalue weighted by atomic mass is 9.98. The van der Waals surface area contributed by atoms with Crippen molar-refractivity contribution in [3.05, 3.63) is 11.6 Å². The molecule has 1 N–H and O–H groups in total. The lowest BCUT2D eigenvalue weighted by molar-refractivity contribution is 0.0399. The molecule has 0 radical (unpaired) electrons. The van der Waals surface area contributed by atoms with Crippen LogP contribution in [0.3, 0.4) is 0 Å². The molecule has 14 heavy (non-hydrogen) atoms. The van der Waals surface area contributed by atoms with E-state index in [0.29, 0.717) is 12.0 Å². The summed E-state index contributed by atoms with van der Waals surface area (Å²) in [7, 11) is 0. The van der Waals surface area contributed by atoms with E-state index in [2.05, 4.69) is 18.3 Å². The zero-order valence-electron chi connectivity index (χ0n) is 8.79. The molecule has 0 amide bonds. The molecular weight excluding hydrogens is 194 g/mol.